The van der Waals surface area contributed by atoms with Crippen LogP contribution in [0, 0.1) is 20.8 Å². The fourth-order valence-corrected chi connectivity index (χ4v) is 4.30. The average Bonchev–Trinajstić information content (AvgIpc) is 2.49. The van der Waals surface area contributed by atoms with Crippen molar-refractivity contribution in [3.63, 3.8) is 0 Å². The summed E-state index contributed by atoms with van der Waals surface area (Å²) in [6.45, 7) is 7.60. The van der Waals surface area contributed by atoms with E-state index in [1.807, 2.05) is 45.0 Å². The van der Waals surface area contributed by atoms with Crippen LogP contribution in [-0.2, 0) is 14.8 Å². The third kappa shape index (κ3) is 4.85. The van der Waals surface area contributed by atoms with Crippen molar-refractivity contribution in [2.24, 2.45) is 0 Å². The zero-order valence-electron chi connectivity index (χ0n) is 15.9. The molecule has 0 aliphatic carbocycles. The Hall–Kier alpha value is -2.34. The van der Waals surface area contributed by atoms with E-state index in [1.54, 1.807) is 25.1 Å². The van der Waals surface area contributed by atoms with Gasteiger partial charge < -0.3 is 5.32 Å². The predicted octanol–water partition coefficient (Wildman–Crippen LogP) is 3.80. The Bertz CT molecular complexity index is 887. The van der Waals surface area contributed by atoms with Gasteiger partial charge in [0.05, 0.1) is 11.9 Å². The number of hydrogen-bond donors (Lipinski definition) is 1. The first kappa shape index (κ1) is 20.0. The molecule has 1 amide bonds. The molecule has 6 heteroatoms. The number of sulfonamides is 1. The summed E-state index contributed by atoms with van der Waals surface area (Å²) in [6.07, 6.45) is 1.49. The van der Waals surface area contributed by atoms with Gasteiger partial charge in [0.1, 0.15) is 6.04 Å². The van der Waals surface area contributed by atoms with Crippen LogP contribution >= 0.6 is 0 Å². The summed E-state index contributed by atoms with van der Waals surface area (Å²) >= 11 is 0. The quantitative estimate of drug-likeness (QED) is 0.836. The van der Waals surface area contributed by atoms with Crippen LogP contribution in [0.2, 0.25) is 0 Å². The highest BCUT2D eigenvalue weighted by molar-refractivity contribution is 7.92. The largest absolute Gasteiger partial charge is 0.324 e. The van der Waals surface area contributed by atoms with Gasteiger partial charge in [0, 0.05) is 5.69 Å². The molecule has 0 bridgehead atoms. The van der Waals surface area contributed by atoms with Crippen molar-refractivity contribution < 1.29 is 13.2 Å². The zero-order valence-corrected chi connectivity index (χ0v) is 16.7. The fraction of sp³-hybridized carbons (Fsp3) is 0.350. The first-order chi connectivity index (χ1) is 12.1. The topological polar surface area (TPSA) is 66.5 Å². The number of rotatable bonds is 6. The lowest BCUT2D eigenvalue weighted by Crippen LogP contribution is -2.47. The number of nitrogens with one attached hydrogen (secondary N) is 1. The van der Waals surface area contributed by atoms with E-state index in [1.165, 1.54) is 4.31 Å². The molecular formula is C20H26N2O3S. The van der Waals surface area contributed by atoms with E-state index >= 15 is 0 Å². The molecule has 0 aliphatic heterocycles. The average molecular weight is 375 g/mol. The van der Waals surface area contributed by atoms with Crippen LogP contribution in [0.1, 0.15) is 30.0 Å². The van der Waals surface area contributed by atoms with Gasteiger partial charge in [-0.3, -0.25) is 9.10 Å². The SMILES string of the molecule is CC[C@@H](C(=O)Nc1cc(C)cc(C)c1)N(c1cccc(C)c1)S(C)(=O)=O. The van der Waals surface area contributed by atoms with Crippen molar-refractivity contribution >= 4 is 27.3 Å². The monoisotopic (exact) mass is 374 g/mol. The van der Waals surface area contributed by atoms with Crippen molar-refractivity contribution in [3.8, 4) is 0 Å². The van der Waals surface area contributed by atoms with Crippen LogP contribution in [-0.4, -0.2) is 26.6 Å². The summed E-state index contributed by atoms with van der Waals surface area (Å²) in [5.41, 5.74) is 4.17. The number of aryl methyl sites for hydroxylation is 3. The fourth-order valence-electron chi connectivity index (χ4n) is 3.10. The van der Waals surface area contributed by atoms with E-state index in [0.717, 1.165) is 22.9 Å². The Morgan fingerprint density at radius 1 is 1.04 bits per heavy atom. The molecule has 140 valence electrons. The lowest BCUT2D eigenvalue weighted by Gasteiger charge is -2.30. The molecule has 0 aliphatic rings. The lowest BCUT2D eigenvalue weighted by atomic mass is 10.1. The van der Waals surface area contributed by atoms with E-state index in [-0.39, 0.29) is 5.91 Å². The van der Waals surface area contributed by atoms with Crippen LogP contribution in [0.15, 0.2) is 42.5 Å². The molecule has 2 aromatic carbocycles. The number of carbonyl (C=O) groups excluding carboxylic acids is 1. The highest BCUT2D eigenvalue weighted by atomic mass is 32.2. The van der Waals surface area contributed by atoms with Gasteiger partial charge in [-0.05, 0) is 68.1 Å². The van der Waals surface area contributed by atoms with Crippen LogP contribution < -0.4 is 9.62 Å². The summed E-state index contributed by atoms with van der Waals surface area (Å²) in [6, 6.07) is 12.1. The number of amides is 1. The molecule has 1 atom stereocenters. The van der Waals surface area contributed by atoms with E-state index in [2.05, 4.69) is 5.32 Å². The second-order valence-electron chi connectivity index (χ2n) is 6.69. The number of hydrogen-bond acceptors (Lipinski definition) is 3. The number of nitrogens with zero attached hydrogens (tertiary/aromatic N) is 1. The van der Waals surface area contributed by atoms with Crippen molar-refractivity contribution in [2.45, 2.75) is 40.2 Å². The van der Waals surface area contributed by atoms with Gasteiger partial charge in [0.25, 0.3) is 0 Å². The molecular weight excluding hydrogens is 348 g/mol. The lowest BCUT2D eigenvalue weighted by molar-refractivity contribution is -0.117. The summed E-state index contributed by atoms with van der Waals surface area (Å²) < 4.78 is 26.1. The van der Waals surface area contributed by atoms with Crippen LogP contribution in [0.4, 0.5) is 11.4 Å². The molecule has 2 aromatic rings. The van der Waals surface area contributed by atoms with Gasteiger partial charge in [-0.25, -0.2) is 8.42 Å². The molecule has 0 fully saturated rings. The Morgan fingerprint density at radius 2 is 1.65 bits per heavy atom. The minimum absolute atomic E-state index is 0.343. The van der Waals surface area contributed by atoms with Crippen molar-refractivity contribution in [1.82, 2.24) is 0 Å². The predicted molar refractivity (Wildman–Crippen MR) is 107 cm³/mol. The summed E-state index contributed by atoms with van der Waals surface area (Å²) in [4.78, 5) is 12.9. The van der Waals surface area contributed by atoms with Crippen LogP contribution in [0.3, 0.4) is 0 Å². The summed E-state index contributed by atoms with van der Waals surface area (Å²) in [5, 5.41) is 2.87. The summed E-state index contributed by atoms with van der Waals surface area (Å²) in [7, 11) is -3.63. The van der Waals surface area contributed by atoms with Gasteiger partial charge in [0.15, 0.2) is 0 Å². The third-order valence-corrected chi connectivity index (χ3v) is 5.25. The number of benzene rings is 2. The Labute approximate surface area is 156 Å². The van der Waals surface area contributed by atoms with Crippen LogP contribution in [0.25, 0.3) is 0 Å². The first-order valence-corrected chi connectivity index (χ1v) is 10.4. The molecule has 0 aromatic heterocycles. The normalized spacial score (nSPS) is 12.5. The molecule has 0 saturated heterocycles. The Morgan fingerprint density at radius 3 is 2.15 bits per heavy atom. The molecule has 2 rings (SSSR count). The zero-order chi connectivity index (χ0) is 19.5. The molecule has 0 spiro atoms. The number of anilines is 2. The molecule has 0 unspecified atom stereocenters. The smallest absolute Gasteiger partial charge is 0.248 e. The van der Waals surface area contributed by atoms with Crippen molar-refractivity contribution in [3.05, 3.63) is 59.2 Å². The molecule has 1 N–H and O–H groups in total. The highest BCUT2D eigenvalue weighted by Gasteiger charge is 2.31. The maximum Gasteiger partial charge on any atom is 0.248 e. The maximum absolute atomic E-state index is 12.9. The van der Waals surface area contributed by atoms with E-state index in [0.29, 0.717) is 17.8 Å². The van der Waals surface area contributed by atoms with Crippen molar-refractivity contribution in [2.75, 3.05) is 15.9 Å². The second kappa shape index (κ2) is 7.91. The van der Waals surface area contributed by atoms with Gasteiger partial charge in [-0.1, -0.05) is 25.1 Å². The standard InChI is InChI=1S/C20H26N2O3S/c1-6-19(20(23)21-17-11-15(3)10-16(4)12-17)22(26(5,24)25)18-9-7-8-14(2)13-18/h7-13,19H,6H2,1-5H3,(H,21,23)/t19-/m0/s1. The molecule has 0 radical (unpaired) electrons. The first-order valence-electron chi connectivity index (χ1n) is 8.57. The minimum atomic E-state index is -3.63. The Kier molecular flexibility index (Phi) is 6.08. The van der Waals surface area contributed by atoms with E-state index in [9.17, 15) is 13.2 Å². The minimum Gasteiger partial charge on any atom is -0.324 e. The van der Waals surface area contributed by atoms with E-state index < -0.39 is 16.1 Å². The molecule has 5 nitrogen and oxygen atoms in total. The van der Waals surface area contributed by atoms with Crippen LogP contribution in [0.5, 0.6) is 0 Å². The molecule has 26 heavy (non-hydrogen) atoms. The molecule has 0 saturated carbocycles. The Balaban J connectivity index is 2.39. The van der Waals surface area contributed by atoms with E-state index in [4.69, 9.17) is 0 Å². The van der Waals surface area contributed by atoms with Gasteiger partial charge in [-0.2, -0.15) is 0 Å². The highest BCUT2D eigenvalue weighted by Crippen LogP contribution is 2.24. The summed E-state index contributed by atoms with van der Waals surface area (Å²) in [5.74, 6) is -0.343. The second-order valence-corrected chi connectivity index (χ2v) is 8.55. The third-order valence-electron chi connectivity index (χ3n) is 4.08. The van der Waals surface area contributed by atoms with Gasteiger partial charge in [0.2, 0.25) is 15.9 Å². The van der Waals surface area contributed by atoms with Crippen molar-refractivity contribution in [1.29, 1.82) is 0 Å². The maximum atomic E-state index is 12.9. The van der Waals surface area contributed by atoms with Gasteiger partial charge >= 0.3 is 0 Å². The number of carbonyl (C=O) groups is 1. The molecule has 0 heterocycles. The van der Waals surface area contributed by atoms with Gasteiger partial charge in [-0.15, -0.1) is 0 Å².